The number of esters is 1. The van der Waals surface area contributed by atoms with E-state index in [0.717, 1.165) is 32.3 Å². The first-order valence-corrected chi connectivity index (χ1v) is 7.31. The van der Waals surface area contributed by atoms with Crippen molar-refractivity contribution in [3.05, 3.63) is 0 Å². The molecule has 120 valence electrons. The molecule has 6 nitrogen and oxygen atoms in total. The highest BCUT2D eigenvalue weighted by molar-refractivity contribution is 5.68. The lowest BCUT2D eigenvalue weighted by atomic mass is 10.1. The zero-order chi connectivity index (χ0) is 14.9. The number of rotatable bonds is 15. The van der Waals surface area contributed by atoms with Crippen molar-refractivity contribution in [3.8, 4) is 0 Å². The van der Waals surface area contributed by atoms with Crippen LogP contribution in [0.2, 0.25) is 0 Å². The Kier molecular flexibility index (Phi) is 15.8. The van der Waals surface area contributed by atoms with Gasteiger partial charge in [-0.25, -0.2) is 0 Å². The molecule has 0 aliphatic heterocycles. The summed E-state index contributed by atoms with van der Waals surface area (Å²) in [6, 6.07) is 0. The van der Waals surface area contributed by atoms with E-state index in [1.165, 1.54) is 7.11 Å². The number of carbonyl (C=O) groups is 1. The van der Waals surface area contributed by atoms with Crippen molar-refractivity contribution in [2.75, 3.05) is 53.3 Å². The van der Waals surface area contributed by atoms with Crippen LogP contribution in [-0.2, 0) is 23.7 Å². The van der Waals surface area contributed by atoms with Crippen molar-refractivity contribution >= 4 is 5.97 Å². The van der Waals surface area contributed by atoms with Crippen LogP contribution in [0.4, 0.5) is 0 Å². The molecule has 6 heteroatoms. The van der Waals surface area contributed by atoms with Crippen LogP contribution >= 0.6 is 0 Å². The smallest absolute Gasteiger partial charge is 0.305 e. The third-order valence-electron chi connectivity index (χ3n) is 2.65. The van der Waals surface area contributed by atoms with E-state index >= 15 is 0 Å². The zero-order valence-corrected chi connectivity index (χ0v) is 12.6. The molecule has 0 saturated heterocycles. The molecule has 0 heterocycles. The summed E-state index contributed by atoms with van der Waals surface area (Å²) in [5, 5.41) is 0. The SMILES string of the molecule is COC(=O)CCCCCCOCCOCCOCCN. The Balaban J connectivity index is 2.97. The Morgan fingerprint density at radius 2 is 1.35 bits per heavy atom. The Labute approximate surface area is 121 Å². The lowest BCUT2D eigenvalue weighted by Crippen LogP contribution is -2.13. The van der Waals surface area contributed by atoms with Gasteiger partial charge in [0.1, 0.15) is 0 Å². The summed E-state index contributed by atoms with van der Waals surface area (Å²) in [5.41, 5.74) is 5.28. The van der Waals surface area contributed by atoms with Crippen LogP contribution in [0.5, 0.6) is 0 Å². The molecule has 0 bridgehead atoms. The fourth-order valence-electron chi connectivity index (χ4n) is 1.55. The van der Waals surface area contributed by atoms with Crippen molar-refractivity contribution in [1.82, 2.24) is 0 Å². The van der Waals surface area contributed by atoms with Crippen molar-refractivity contribution in [2.24, 2.45) is 5.73 Å². The van der Waals surface area contributed by atoms with Crippen LogP contribution < -0.4 is 5.73 Å². The maximum absolute atomic E-state index is 10.9. The maximum Gasteiger partial charge on any atom is 0.305 e. The van der Waals surface area contributed by atoms with E-state index in [1.54, 1.807) is 0 Å². The van der Waals surface area contributed by atoms with Gasteiger partial charge in [-0.3, -0.25) is 4.79 Å². The Bertz CT molecular complexity index is 214. The summed E-state index contributed by atoms with van der Waals surface area (Å²) in [4.78, 5) is 10.9. The van der Waals surface area contributed by atoms with Gasteiger partial charge in [-0.05, 0) is 12.8 Å². The van der Waals surface area contributed by atoms with E-state index in [-0.39, 0.29) is 5.97 Å². The van der Waals surface area contributed by atoms with Crippen molar-refractivity contribution in [1.29, 1.82) is 0 Å². The number of nitrogens with two attached hydrogens (primary N) is 1. The lowest BCUT2D eigenvalue weighted by molar-refractivity contribution is -0.140. The second kappa shape index (κ2) is 16.4. The van der Waals surface area contributed by atoms with Gasteiger partial charge in [0, 0.05) is 19.6 Å². The minimum absolute atomic E-state index is 0.131. The highest BCUT2D eigenvalue weighted by Gasteiger charge is 1.99. The topological polar surface area (TPSA) is 80.0 Å². The predicted octanol–water partition coefficient (Wildman–Crippen LogP) is 1.12. The quantitative estimate of drug-likeness (QED) is 0.360. The highest BCUT2D eigenvalue weighted by Crippen LogP contribution is 2.03. The molecule has 20 heavy (non-hydrogen) atoms. The Hall–Kier alpha value is -0.690. The molecule has 0 radical (unpaired) electrons. The van der Waals surface area contributed by atoms with Gasteiger partial charge in [-0.15, -0.1) is 0 Å². The van der Waals surface area contributed by atoms with E-state index in [0.29, 0.717) is 46.0 Å². The monoisotopic (exact) mass is 291 g/mol. The molecular weight excluding hydrogens is 262 g/mol. The summed E-state index contributed by atoms with van der Waals surface area (Å²) in [5.74, 6) is -0.131. The van der Waals surface area contributed by atoms with Gasteiger partial charge in [0.05, 0.1) is 40.1 Å². The van der Waals surface area contributed by atoms with Gasteiger partial charge in [0.25, 0.3) is 0 Å². The largest absolute Gasteiger partial charge is 0.469 e. The van der Waals surface area contributed by atoms with Gasteiger partial charge in [0.2, 0.25) is 0 Å². The second-order valence-electron chi connectivity index (χ2n) is 4.37. The summed E-state index contributed by atoms with van der Waals surface area (Å²) in [7, 11) is 1.42. The predicted molar refractivity (Wildman–Crippen MR) is 76.6 cm³/mol. The third-order valence-corrected chi connectivity index (χ3v) is 2.65. The molecule has 0 saturated carbocycles. The minimum Gasteiger partial charge on any atom is -0.469 e. The summed E-state index contributed by atoms with van der Waals surface area (Å²) < 4.78 is 20.5. The van der Waals surface area contributed by atoms with E-state index in [4.69, 9.17) is 19.9 Å². The maximum atomic E-state index is 10.9. The van der Waals surface area contributed by atoms with E-state index < -0.39 is 0 Å². The number of unbranched alkanes of at least 4 members (excludes halogenated alkanes) is 3. The van der Waals surface area contributed by atoms with E-state index in [9.17, 15) is 4.79 Å². The first-order valence-electron chi connectivity index (χ1n) is 7.31. The van der Waals surface area contributed by atoms with Gasteiger partial charge >= 0.3 is 5.97 Å². The van der Waals surface area contributed by atoms with Crippen LogP contribution in [-0.4, -0.2) is 59.3 Å². The molecule has 0 aliphatic carbocycles. The van der Waals surface area contributed by atoms with Crippen LogP contribution in [0.15, 0.2) is 0 Å². The molecule has 0 fully saturated rings. The summed E-state index contributed by atoms with van der Waals surface area (Å²) >= 11 is 0. The first-order chi connectivity index (χ1) is 9.81. The number of carbonyl (C=O) groups excluding carboxylic acids is 1. The number of hydrogen-bond donors (Lipinski definition) is 1. The molecular formula is C14H29NO5. The minimum atomic E-state index is -0.131. The van der Waals surface area contributed by atoms with Crippen molar-refractivity contribution in [2.45, 2.75) is 32.1 Å². The van der Waals surface area contributed by atoms with Gasteiger partial charge in [0.15, 0.2) is 0 Å². The molecule has 0 atom stereocenters. The molecule has 2 N–H and O–H groups in total. The molecule has 0 spiro atoms. The van der Waals surface area contributed by atoms with Gasteiger partial charge in [-0.1, -0.05) is 12.8 Å². The van der Waals surface area contributed by atoms with Crippen molar-refractivity contribution in [3.63, 3.8) is 0 Å². The highest BCUT2D eigenvalue weighted by atomic mass is 16.5. The van der Waals surface area contributed by atoms with E-state index in [1.807, 2.05) is 0 Å². The van der Waals surface area contributed by atoms with Crippen LogP contribution in [0.3, 0.4) is 0 Å². The second-order valence-corrected chi connectivity index (χ2v) is 4.37. The lowest BCUT2D eigenvalue weighted by Gasteiger charge is -2.06. The Morgan fingerprint density at radius 3 is 1.95 bits per heavy atom. The molecule has 0 amide bonds. The molecule has 0 aromatic carbocycles. The number of methoxy groups -OCH3 is 1. The van der Waals surface area contributed by atoms with Crippen molar-refractivity contribution < 1.29 is 23.7 Å². The standard InChI is InChI=1S/C14H29NO5/c1-17-14(16)6-4-2-3-5-8-18-10-12-20-13-11-19-9-7-15/h2-13,15H2,1H3. The van der Waals surface area contributed by atoms with Gasteiger partial charge in [-0.2, -0.15) is 0 Å². The van der Waals surface area contributed by atoms with Gasteiger partial charge < -0.3 is 24.7 Å². The molecule has 0 rings (SSSR count). The average molecular weight is 291 g/mol. The fraction of sp³-hybridized carbons (Fsp3) is 0.929. The summed E-state index contributed by atoms with van der Waals surface area (Å²) in [6.07, 6.45) is 4.52. The zero-order valence-electron chi connectivity index (χ0n) is 12.6. The number of hydrogen-bond acceptors (Lipinski definition) is 6. The van der Waals surface area contributed by atoms with E-state index in [2.05, 4.69) is 4.74 Å². The first kappa shape index (κ1) is 19.3. The van der Waals surface area contributed by atoms with Crippen LogP contribution in [0.25, 0.3) is 0 Å². The molecule has 0 aromatic heterocycles. The summed E-state index contributed by atoms with van der Waals surface area (Å²) in [6.45, 7) is 4.23. The normalized spacial score (nSPS) is 10.7. The molecule has 0 unspecified atom stereocenters. The molecule has 0 aliphatic rings. The Morgan fingerprint density at radius 1 is 0.800 bits per heavy atom. The van der Waals surface area contributed by atoms with Crippen LogP contribution in [0.1, 0.15) is 32.1 Å². The van der Waals surface area contributed by atoms with Crippen LogP contribution in [0, 0.1) is 0 Å². The fourth-order valence-corrected chi connectivity index (χ4v) is 1.55. The third kappa shape index (κ3) is 15.4. The average Bonchev–Trinajstić information content (AvgIpc) is 2.47. The molecule has 0 aromatic rings. The number of ether oxygens (including phenoxy) is 4.